The minimum atomic E-state index is -1.32. The van der Waals surface area contributed by atoms with Crippen molar-refractivity contribution in [1.29, 1.82) is 0 Å². The SMILES string of the molecule is CO[C@H]1[C@H](OC(C)=O)[C@@H](OC(C)=O)[C@H](OC(C)=O)[C@H](OC(C)=O)[C@@H]1SC(C)=O. The zero-order valence-corrected chi connectivity index (χ0v) is 17.3. The van der Waals surface area contributed by atoms with Gasteiger partial charge in [0.2, 0.25) is 0 Å². The quantitative estimate of drug-likeness (QED) is 0.436. The molecule has 1 aliphatic rings. The van der Waals surface area contributed by atoms with Gasteiger partial charge in [-0.25, -0.2) is 0 Å². The van der Waals surface area contributed by atoms with Crippen LogP contribution in [0.1, 0.15) is 34.6 Å². The number of ether oxygens (including phenoxy) is 5. The van der Waals surface area contributed by atoms with Crippen LogP contribution in [0.15, 0.2) is 0 Å². The van der Waals surface area contributed by atoms with E-state index in [0.717, 1.165) is 39.5 Å². The molecule has 0 N–H and O–H groups in total. The highest BCUT2D eigenvalue weighted by Gasteiger charge is 2.58. The molecular weight excluding hydrogens is 396 g/mol. The van der Waals surface area contributed by atoms with Gasteiger partial charge in [0.05, 0.1) is 5.25 Å². The highest BCUT2D eigenvalue weighted by molar-refractivity contribution is 8.14. The van der Waals surface area contributed by atoms with Gasteiger partial charge in [0.15, 0.2) is 29.5 Å². The monoisotopic (exact) mass is 420 g/mol. The topological polar surface area (TPSA) is 132 Å². The van der Waals surface area contributed by atoms with Crippen molar-refractivity contribution >= 4 is 40.8 Å². The van der Waals surface area contributed by atoms with Crippen LogP contribution in [-0.2, 0) is 47.7 Å². The smallest absolute Gasteiger partial charge is 0.303 e. The lowest BCUT2D eigenvalue weighted by Crippen LogP contribution is -2.67. The first-order valence-electron chi connectivity index (χ1n) is 8.36. The predicted molar refractivity (Wildman–Crippen MR) is 95.1 cm³/mol. The van der Waals surface area contributed by atoms with Crippen molar-refractivity contribution in [2.45, 2.75) is 70.4 Å². The summed E-state index contributed by atoms with van der Waals surface area (Å²) in [6, 6.07) is 0. The standard InChI is InChI=1S/C17H24O10S/c1-7(18)24-12-13(25-8(2)19)15(23-6)17(28-11(5)22)16(27-10(4)21)14(12)26-9(3)20/h12-17H,1-6H3/t12-,13-,14+,15+,16+,17-/m1/s1. The minimum absolute atomic E-state index is 0.335. The number of carbonyl (C=O) groups excluding carboxylic acids is 5. The Hall–Kier alpha value is -2.14. The molecule has 0 bridgehead atoms. The Balaban J connectivity index is 3.54. The van der Waals surface area contributed by atoms with Crippen LogP contribution in [0.25, 0.3) is 0 Å². The molecule has 1 saturated carbocycles. The molecule has 6 atom stereocenters. The van der Waals surface area contributed by atoms with Crippen LogP contribution in [0.3, 0.4) is 0 Å². The summed E-state index contributed by atoms with van der Waals surface area (Å²) < 4.78 is 26.6. The molecule has 1 fully saturated rings. The van der Waals surface area contributed by atoms with Crippen molar-refractivity contribution in [3.8, 4) is 0 Å². The number of esters is 4. The summed E-state index contributed by atoms with van der Waals surface area (Å²) >= 11 is 0.777. The van der Waals surface area contributed by atoms with E-state index in [1.165, 1.54) is 14.0 Å². The molecule has 11 heteroatoms. The molecule has 0 saturated heterocycles. The third kappa shape index (κ3) is 6.48. The van der Waals surface area contributed by atoms with Gasteiger partial charge in [-0.2, -0.15) is 0 Å². The van der Waals surface area contributed by atoms with E-state index in [2.05, 4.69) is 0 Å². The zero-order valence-electron chi connectivity index (χ0n) is 16.5. The van der Waals surface area contributed by atoms with E-state index in [1.807, 2.05) is 0 Å². The van der Waals surface area contributed by atoms with Gasteiger partial charge < -0.3 is 23.7 Å². The first kappa shape index (κ1) is 23.9. The fraction of sp³-hybridized carbons (Fsp3) is 0.706. The molecule has 28 heavy (non-hydrogen) atoms. The molecule has 0 aromatic rings. The minimum Gasteiger partial charge on any atom is -0.457 e. The predicted octanol–water partition coefficient (Wildman–Crippen LogP) is 0.390. The average Bonchev–Trinajstić information content (AvgIpc) is 2.52. The van der Waals surface area contributed by atoms with Crippen LogP contribution >= 0.6 is 11.8 Å². The highest BCUT2D eigenvalue weighted by atomic mass is 32.2. The lowest BCUT2D eigenvalue weighted by molar-refractivity contribution is -0.226. The van der Waals surface area contributed by atoms with Gasteiger partial charge in [-0.15, -0.1) is 0 Å². The summed E-state index contributed by atoms with van der Waals surface area (Å²) in [6.07, 6.45) is -6.05. The third-order valence-electron chi connectivity index (χ3n) is 3.73. The second-order valence-corrected chi connectivity index (χ2v) is 7.43. The Morgan fingerprint density at radius 1 is 0.571 bits per heavy atom. The summed E-state index contributed by atoms with van der Waals surface area (Å²) in [7, 11) is 1.30. The summed E-state index contributed by atoms with van der Waals surface area (Å²) in [4.78, 5) is 58.4. The molecule has 0 spiro atoms. The van der Waals surface area contributed by atoms with E-state index in [1.54, 1.807) is 0 Å². The van der Waals surface area contributed by atoms with Gasteiger partial charge >= 0.3 is 23.9 Å². The summed E-state index contributed by atoms with van der Waals surface area (Å²) in [6.45, 7) is 5.81. The fourth-order valence-electron chi connectivity index (χ4n) is 3.02. The molecule has 0 unspecified atom stereocenters. The number of rotatable bonds is 6. The zero-order chi connectivity index (χ0) is 21.6. The van der Waals surface area contributed by atoms with Crippen molar-refractivity contribution in [3.63, 3.8) is 0 Å². The molecule has 0 heterocycles. The Labute approximate surface area is 166 Å². The Kier molecular flexibility index (Phi) is 8.89. The van der Waals surface area contributed by atoms with Gasteiger partial charge in [0, 0.05) is 41.7 Å². The molecule has 1 aliphatic carbocycles. The first-order chi connectivity index (χ1) is 13.0. The van der Waals surface area contributed by atoms with Crippen molar-refractivity contribution in [3.05, 3.63) is 0 Å². The summed E-state index contributed by atoms with van der Waals surface area (Å²) in [5, 5.41) is -1.23. The van der Waals surface area contributed by atoms with Gasteiger partial charge in [-0.3, -0.25) is 24.0 Å². The van der Waals surface area contributed by atoms with E-state index < -0.39 is 59.6 Å². The fourth-order valence-corrected chi connectivity index (χ4v) is 4.15. The summed E-state index contributed by atoms with van der Waals surface area (Å²) in [5.74, 6) is -2.90. The molecule has 0 aliphatic heterocycles. The van der Waals surface area contributed by atoms with E-state index in [9.17, 15) is 24.0 Å². The second-order valence-electron chi connectivity index (χ2n) is 6.07. The summed E-state index contributed by atoms with van der Waals surface area (Å²) in [5.41, 5.74) is 0. The molecule has 1 rings (SSSR count). The van der Waals surface area contributed by atoms with Crippen LogP contribution in [0, 0.1) is 0 Å². The van der Waals surface area contributed by atoms with E-state index in [0.29, 0.717) is 0 Å². The molecule has 10 nitrogen and oxygen atoms in total. The van der Waals surface area contributed by atoms with Crippen molar-refractivity contribution in [1.82, 2.24) is 0 Å². The maximum Gasteiger partial charge on any atom is 0.303 e. The maximum absolute atomic E-state index is 11.8. The molecule has 158 valence electrons. The largest absolute Gasteiger partial charge is 0.457 e. The second kappa shape index (κ2) is 10.4. The lowest BCUT2D eigenvalue weighted by Gasteiger charge is -2.47. The van der Waals surface area contributed by atoms with Crippen molar-refractivity contribution in [2.24, 2.45) is 0 Å². The average molecular weight is 420 g/mol. The first-order valence-corrected chi connectivity index (χ1v) is 9.24. The molecule has 0 amide bonds. The lowest BCUT2D eigenvalue weighted by atomic mass is 9.85. The van der Waals surface area contributed by atoms with E-state index in [4.69, 9.17) is 23.7 Å². The third-order valence-corrected chi connectivity index (χ3v) is 4.87. The van der Waals surface area contributed by atoms with Gasteiger partial charge in [0.25, 0.3) is 0 Å². The Bertz CT molecular complexity index is 589. The highest BCUT2D eigenvalue weighted by Crippen LogP contribution is 2.38. The number of hydrogen-bond donors (Lipinski definition) is 0. The molecule has 0 radical (unpaired) electrons. The number of hydrogen-bond acceptors (Lipinski definition) is 11. The van der Waals surface area contributed by atoms with Crippen LogP contribution in [0.5, 0.6) is 0 Å². The molecule has 0 aromatic heterocycles. The number of thioether (sulfide) groups is 1. The maximum atomic E-state index is 11.8. The van der Waals surface area contributed by atoms with Gasteiger partial charge in [-0.1, -0.05) is 11.8 Å². The number of methoxy groups -OCH3 is 1. The molecular formula is C17H24O10S. The van der Waals surface area contributed by atoms with E-state index >= 15 is 0 Å². The number of carbonyl (C=O) groups is 5. The van der Waals surface area contributed by atoms with Crippen LogP contribution in [-0.4, -0.2) is 71.9 Å². The normalized spacial score (nSPS) is 29.4. The molecule has 0 aromatic carbocycles. The van der Waals surface area contributed by atoms with Crippen molar-refractivity contribution in [2.75, 3.05) is 7.11 Å². The van der Waals surface area contributed by atoms with Gasteiger partial charge in [0.1, 0.15) is 6.10 Å². The van der Waals surface area contributed by atoms with Crippen LogP contribution < -0.4 is 0 Å². The van der Waals surface area contributed by atoms with Crippen molar-refractivity contribution < 1.29 is 47.7 Å². The van der Waals surface area contributed by atoms with Gasteiger partial charge in [-0.05, 0) is 0 Å². The Morgan fingerprint density at radius 3 is 1.21 bits per heavy atom. The van der Waals surface area contributed by atoms with Crippen LogP contribution in [0.4, 0.5) is 0 Å². The Morgan fingerprint density at radius 2 is 0.893 bits per heavy atom. The van der Waals surface area contributed by atoms with Crippen LogP contribution in [0.2, 0.25) is 0 Å². The van der Waals surface area contributed by atoms with E-state index in [-0.39, 0.29) is 5.12 Å².